The van der Waals surface area contributed by atoms with Crippen LogP contribution < -0.4 is 5.32 Å². The zero-order valence-electron chi connectivity index (χ0n) is 13.9. The molecule has 0 bridgehead atoms. The molecule has 2 rings (SSSR count). The van der Waals surface area contributed by atoms with Gasteiger partial charge in [0.25, 0.3) is 0 Å². The van der Waals surface area contributed by atoms with E-state index in [4.69, 9.17) is 10.1 Å². The van der Waals surface area contributed by atoms with Gasteiger partial charge in [0.1, 0.15) is 0 Å². The highest BCUT2D eigenvalue weighted by molar-refractivity contribution is 5.97. The topological polar surface area (TPSA) is 48.4 Å². The van der Waals surface area contributed by atoms with Crippen LogP contribution in [0.1, 0.15) is 19.0 Å². The van der Waals surface area contributed by atoms with Crippen LogP contribution in [0.5, 0.6) is 0 Å². The molecule has 0 aromatic heterocycles. The van der Waals surface area contributed by atoms with Crippen molar-refractivity contribution in [2.75, 3.05) is 32.6 Å². The molecular weight excluding hydrogens is 286 g/mol. The zero-order valence-corrected chi connectivity index (χ0v) is 13.9. The Morgan fingerprint density at radius 1 is 1.09 bits per heavy atom. The van der Waals surface area contributed by atoms with Gasteiger partial charge in [0.2, 0.25) is 5.90 Å². The van der Waals surface area contributed by atoms with Crippen LogP contribution in [0.3, 0.4) is 0 Å². The zero-order chi connectivity index (χ0) is 16.5. The standard InChI is InChI=1S/C19H25N3O.H2/c1-22(2)13-8-14-23-19(20)17-11-6-7-12-18(17)21-15-16-9-4-3-5-10-16;/h3-7,9-12,20-21H,8,13-15H2,1-2H3;1H. The SMILES string of the molecule is CN(C)CCCOC(=N)c1ccccc1NCc1ccccc1.[HH]. The van der Waals surface area contributed by atoms with E-state index < -0.39 is 0 Å². The predicted molar refractivity (Wildman–Crippen MR) is 98.3 cm³/mol. The molecule has 0 heterocycles. The molecule has 2 aromatic carbocycles. The van der Waals surface area contributed by atoms with Gasteiger partial charge in [0.15, 0.2) is 0 Å². The number of para-hydroxylation sites is 1. The van der Waals surface area contributed by atoms with Gasteiger partial charge in [-0.3, -0.25) is 5.41 Å². The number of hydrogen-bond acceptors (Lipinski definition) is 4. The number of nitrogens with one attached hydrogen (secondary N) is 2. The van der Waals surface area contributed by atoms with Crippen molar-refractivity contribution >= 4 is 11.6 Å². The van der Waals surface area contributed by atoms with Crippen molar-refractivity contribution in [3.8, 4) is 0 Å². The molecule has 0 amide bonds. The molecular formula is C19H27N3O. The summed E-state index contributed by atoms with van der Waals surface area (Å²) in [6.07, 6.45) is 0.912. The minimum atomic E-state index is 0. The lowest BCUT2D eigenvalue weighted by molar-refractivity contribution is 0.270. The molecule has 0 saturated heterocycles. The number of rotatable bonds is 8. The molecule has 0 atom stereocenters. The molecule has 0 spiro atoms. The molecule has 2 aromatic rings. The molecule has 0 fully saturated rings. The molecule has 0 unspecified atom stereocenters. The van der Waals surface area contributed by atoms with Crippen LogP contribution in [0.4, 0.5) is 5.69 Å². The highest BCUT2D eigenvalue weighted by Gasteiger charge is 2.08. The van der Waals surface area contributed by atoms with E-state index in [1.54, 1.807) is 0 Å². The summed E-state index contributed by atoms with van der Waals surface area (Å²) in [7, 11) is 4.07. The second kappa shape index (κ2) is 8.96. The van der Waals surface area contributed by atoms with Crippen molar-refractivity contribution in [2.45, 2.75) is 13.0 Å². The molecule has 0 saturated carbocycles. The quantitative estimate of drug-likeness (QED) is 0.442. The smallest absolute Gasteiger partial charge is 0.215 e. The second-order valence-electron chi connectivity index (χ2n) is 5.72. The summed E-state index contributed by atoms with van der Waals surface area (Å²) in [5.74, 6) is 0.222. The van der Waals surface area contributed by atoms with Gasteiger partial charge in [-0.15, -0.1) is 0 Å². The first kappa shape index (κ1) is 17.0. The van der Waals surface area contributed by atoms with Gasteiger partial charge in [-0.2, -0.15) is 0 Å². The minimum absolute atomic E-state index is 0. The van der Waals surface area contributed by atoms with Crippen molar-refractivity contribution in [3.05, 3.63) is 65.7 Å². The van der Waals surface area contributed by atoms with Crippen molar-refractivity contribution in [1.82, 2.24) is 4.90 Å². The predicted octanol–water partition coefficient (Wildman–Crippen LogP) is 3.84. The fraction of sp³-hybridized carbons (Fsp3) is 0.316. The minimum Gasteiger partial charge on any atom is -0.478 e. The summed E-state index contributed by atoms with van der Waals surface area (Å²) in [5.41, 5.74) is 2.93. The lowest BCUT2D eigenvalue weighted by atomic mass is 10.1. The Morgan fingerprint density at radius 2 is 1.78 bits per heavy atom. The molecule has 23 heavy (non-hydrogen) atoms. The lowest BCUT2D eigenvalue weighted by Gasteiger charge is -2.14. The summed E-state index contributed by atoms with van der Waals surface area (Å²) < 4.78 is 5.59. The Balaban J connectivity index is 0.00000288. The van der Waals surface area contributed by atoms with Crippen molar-refractivity contribution in [2.24, 2.45) is 0 Å². The van der Waals surface area contributed by atoms with E-state index in [9.17, 15) is 0 Å². The lowest BCUT2D eigenvalue weighted by Crippen LogP contribution is -2.16. The molecule has 4 nitrogen and oxygen atoms in total. The largest absolute Gasteiger partial charge is 0.478 e. The van der Waals surface area contributed by atoms with Crippen LogP contribution in [0.15, 0.2) is 54.6 Å². The maximum absolute atomic E-state index is 8.16. The van der Waals surface area contributed by atoms with E-state index in [2.05, 4.69) is 22.3 Å². The molecule has 124 valence electrons. The van der Waals surface area contributed by atoms with Crippen molar-refractivity contribution in [1.29, 1.82) is 5.41 Å². The third kappa shape index (κ3) is 5.75. The van der Waals surface area contributed by atoms with Crippen LogP contribution in [-0.2, 0) is 11.3 Å². The highest BCUT2D eigenvalue weighted by Crippen LogP contribution is 2.17. The Hall–Kier alpha value is -2.33. The average Bonchev–Trinajstić information content (AvgIpc) is 2.58. The van der Waals surface area contributed by atoms with Gasteiger partial charge in [-0.05, 0) is 38.2 Å². The van der Waals surface area contributed by atoms with Gasteiger partial charge >= 0.3 is 0 Å². The number of hydrogen-bond donors (Lipinski definition) is 2. The van der Waals surface area contributed by atoms with Gasteiger partial charge in [-0.25, -0.2) is 0 Å². The second-order valence-corrected chi connectivity index (χ2v) is 5.72. The molecule has 0 aliphatic rings. The summed E-state index contributed by atoms with van der Waals surface area (Å²) in [6.45, 7) is 2.25. The van der Waals surface area contributed by atoms with Gasteiger partial charge < -0.3 is 15.0 Å². The highest BCUT2D eigenvalue weighted by atomic mass is 16.5. The number of ether oxygens (including phenoxy) is 1. The van der Waals surface area contributed by atoms with Crippen LogP contribution in [-0.4, -0.2) is 38.0 Å². The average molecular weight is 313 g/mol. The number of benzene rings is 2. The van der Waals surface area contributed by atoms with E-state index in [1.165, 1.54) is 5.56 Å². The van der Waals surface area contributed by atoms with E-state index in [0.717, 1.165) is 30.8 Å². The van der Waals surface area contributed by atoms with Gasteiger partial charge in [0, 0.05) is 20.2 Å². The Morgan fingerprint density at radius 3 is 2.52 bits per heavy atom. The van der Waals surface area contributed by atoms with E-state index in [-0.39, 0.29) is 7.32 Å². The van der Waals surface area contributed by atoms with Gasteiger partial charge in [-0.1, -0.05) is 42.5 Å². The third-order valence-corrected chi connectivity index (χ3v) is 3.49. The maximum Gasteiger partial charge on any atom is 0.215 e. The Kier molecular flexibility index (Phi) is 6.63. The van der Waals surface area contributed by atoms with Gasteiger partial charge in [0.05, 0.1) is 12.2 Å². The number of anilines is 1. The van der Waals surface area contributed by atoms with E-state index in [1.807, 2.05) is 56.6 Å². The molecule has 0 aliphatic carbocycles. The Bertz CT molecular complexity index is 617. The third-order valence-electron chi connectivity index (χ3n) is 3.49. The fourth-order valence-corrected chi connectivity index (χ4v) is 2.26. The summed E-state index contributed by atoms with van der Waals surface area (Å²) in [6, 6.07) is 18.0. The van der Waals surface area contributed by atoms with Crippen molar-refractivity contribution < 1.29 is 6.16 Å². The number of nitrogens with zero attached hydrogens (tertiary/aromatic N) is 1. The first-order valence-electron chi connectivity index (χ1n) is 7.90. The molecule has 0 radical (unpaired) electrons. The first-order valence-corrected chi connectivity index (χ1v) is 7.90. The Labute approximate surface area is 140 Å². The van der Waals surface area contributed by atoms with E-state index >= 15 is 0 Å². The normalized spacial score (nSPS) is 10.6. The van der Waals surface area contributed by atoms with Crippen molar-refractivity contribution in [3.63, 3.8) is 0 Å². The molecule has 4 heteroatoms. The summed E-state index contributed by atoms with van der Waals surface area (Å²) in [5, 5.41) is 11.6. The van der Waals surface area contributed by atoms with Crippen LogP contribution in [0.2, 0.25) is 0 Å². The van der Waals surface area contributed by atoms with Crippen LogP contribution >= 0.6 is 0 Å². The fourth-order valence-electron chi connectivity index (χ4n) is 2.26. The molecule has 0 aliphatic heterocycles. The first-order chi connectivity index (χ1) is 11.2. The molecule has 2 N–H and O–H groups in total. The monoisotopic (exact) mass is 313 g/mol. The summed E-state index contributed by atoms with van der Waals surface area (Å²) in [4.78, 5) is 2.11. The van der Waals surface area contributed by atoms with Crippen LogP contribution in [0, 0.1) is 5.41 Å². The maximum atomic E-state index is 8.16. The summed E-state index contributed by atoms with van der Waals surface area (Å²) >= 11 is 0. The van der Waals surface area contributed by atoms with Crippen LogP contribution in [0.25, 0.3) is 0 Å². The van der Waals surface area contributed by atoms with E-state index in [0.29, 0.717) is 6.61 Å².